The first-order valence-electron chi connectivity index (χ1n) is 5.68. The predicted molar refractivity (Wildman–Crippen MR) is 76.6 cm³/mol. The Morgan fingerprint density at radius 3 is 2.37 bits per heavy atom. The van der Waals surface area contributed by atoms with Crippen molar-refractivity contribution in [1.82, 2.24) is 0 Å². The van der Waals surface area contributed by atoms with Crippen molar-refractivity contribution in [2.24, 2.45) is 0 Å². The van der Waals surface area contributed by atoms with Crippen LogP contribution in [0.2, 0.25) is 0 Å². The minimum Gasteiger partial charge on any atom is -0.481 e. The quantitative estimate of drug-likeness (QED) is 0.846. The Morgan fingerprint density at radius 1 is 1.37 bits per heavy atom. The largest absolute Gasteiger partial charge is 0.481 e. The van der Waals surface area contributed by atoms with Crippen LogP contribution in [0.1, 0.15) is 25.8 Å². The van der Waals surface area contributed by atoms with Crippen LogP contribution >= 0.6 is 11.8 Å². The number of carbonyl (C=O) groups is 1. The third-order valence-corrected chi connectivity index (χ3v) is 5.00. The van der Waals surface area contributed by atoms with Crippen LogP contribution in [0.3, 0.4) is 0 Å². The number of hydrogen-bond donors (Lipinski definition) is 1. The lowest BCUT2D eigenvalue weighted by atomic mass is 9.82. The van der Waals surface area contributed by atoms with Gasteiger partial charge in [-0.15, -0.1) is 11.8 Å². The summed E-state index contributed by atoms with van der Waals surface area (Å²) >= 11 is 1.34. The molecule has 0 atom stereocenters. The molecule has 1 aromatic rings. The molecule has 0 unspecified atom stereocenters. The van der Waals surface area contributed by atoms with E-state index >= 15 is 0 Å². The van der Waals surface area contributed by atoms with Crippen molar-refractivity contribution >= 4 is 27.6 Å². The van der Waals surface area contributed by atoms with Gasteiger partial charge in [-0.25, -0.2) is 8.42 Å². The molecule has 0 radical (unpaired) electrons. The van der Waals surface area contributed by atoms with Crippen LogP contribution in [0.15, 0.2) is 28.0 Å². The molecule has 1 aromatic carbocycles. The van der Waals surface area contributed by atoms with Crippen molar-refractivity contribution < 1.29 is 18.3 Å². The van der Waals surface area contributed by atoms with E-state index in [2.05, 4.69) is 0 Å². The van der Waals surface area contributed by atoms with E-state index in [9.17, 15) is 13.2 Å². The van der Waals surface area contributed by atoms with E-state index in [0.717, 1.165) is 5.56 Å². The third-order valence-electron chi connectivity index (χ3n) is 2.94. The minimum atomic E-state index is -3.27. The van der Waals surface area contributed by atoms with Crippen LogP contribution in [0.25, 0.3) is 0 Å². The van der Waals surface area contributed by atoms with Crippen molar-refractivity contribution in [1.29, 1.82) is 0 Å². The third kappa shape index (κ3) is 3.98. The van der Waals surface area contributed by atoms with Gasteiger partial charge >= 0.3 is 5.97 Å². The fourth-order valence-corrected chi connectivity index (χ4v) is 3.83. The normalized spacial score (nSPS) is 12.4. The van der Waals surface area contributed by atoms with Crippen molar-refractivity contribution in [3.63, 3.8) is 0 Å². The van der Waals surface area contributed by atoms with E-state index in [1.807, 2.05) is 13.8 Å². The number of benzene rings is 1. The molecule has 0 saturated heterocycles. The maximum atomic E-state index is 11.6. The molecule has 0 aromatic heterocycles. The second-order valence-corrected chi connectivity index (χ2v) is 7.92. The van der Waals surface area contributed by atoms with Crippen molar-refractivity contribution in [2.75, 3.05) is 12.5 Å². The predicted octanol–water partition coefficient (Wildman–Crippen LogP) is 2.56. The van der Waals surface area contributed by atoms with Crippen molar-refractivity contribution in [3.8, 4) is 0 Å². The van der Waals surface area contributed by atoms with Gasteiger partial charge in [0.25, 0.3) is 0 Å². The van der Waals surface area contributed by atoms with Crippen LogP contribution in [-0.4, -0.2) is 32.0 Å². The maximum Gasteiger partial charge on any atom is 0.304 e. The Morgan fingerprint density at radius 2 is 1.95 bits per heavy atom. The zero-order chi connectivity index (χ0) is 14.8. The molecule has 1 N–H and O–H groups in total. The van der Waals surface area contributed by atoms with Gasteiger partial charge < -0.3 is 5.11 Å². The summed E-state index contributed by atoms with van der Waals surface area (Å²) in [5.74, 6) is -0.872. The summed E-state index contributed by atoms with van der Waals surface area (Å²) in [6.07, 6.45) is 2.97. The molecule has 0 heterocycles. The van der Waals surface area contributed by atoms with Crippen LogP contribution in [-0.2, 0) is 20.0 Å². The average molecular weight is 302 g/mol. The number of carboxylic acid groups (broad SMARTS) is 1. The van der Waals surface area contributed by atoms with Crippen LogP contribution in [0, 0.1) is 0 Å². The Hall–Kier alpha value is -1.01. The second kappa shape index (κ2) is 5.54. The standard InChI is InChI=1S/C13H18O4S2/c1-13(2,8-12(14)15)9-5-6-11(19(4,16)17)10(7-9)18-3/h5-7H,8H2,1-4H3,(H,14,15). The Labute approximate surface area is 118 Å². The molecule has 0 bridgehead atoms. The van der Waals surface area contributed by atoms with Gasteiger partial charge in [0.15, 0.2) is 9.84 Å². The first kappa shape index (κ1) is 16.0. The molecule has 0 aliphatic heterocycles. The monoisotopic (exact) mass is 302 g/mol. The zero-order valence-electron chi connectivity index (χ0n) is 11.4. The highest BCUT2D eigenvalue weighted by Gasteiger charge is 2.25. The second-order valence-electron chi connectivity index (χ2n) is 5.09. The van der Waals surface area contributed by atoms with Crippen LogP contribution in [0.4, 0.5) is 0 Å². The summed E-state index contributed by atoms with van der Waals surface area (Å²) < 4.78 is 23.3. The fraction of sp³-hybridized carbons (Fsp3) is 0.462. The average Bonchev–Trinajstić information content (AvgIpc) is 2.25. The van der Waals surface area contributed by atoms with Gasteiger partial charge in [0.1, 0.15) is 0 Å². The van der Waals surface area contributed by atoms with Gasteiger partial charge in [-0.3, -0.25) is 4.79 Å². The number of sulfone groups is 1. The highest BCUT2D eigenvalue weighted by molar-refractivity contribution is 7.99. The number of aliphatic carboxylic acids is 1. The molecule has 0 spiro atoms. The molecular formula is C13H18O4S2. The molecule has 6 heteroatoms. The lowest BCUT2D eigenvalue weighted by Crippen LogP contribution is -2.22. The van der Waals surface area contributed by atoms with E-state index in [4.69, 9.17) is 5.11 Å². The summed E-state index contributed by atoms with van der Waals surface area (Å²) in [6.45, 7) is 3.67. The molecule has 0 aliphatic carbocycles. The Kier molecular flexibility index (Phi) is 4.68. The van der Waals surface area contributed by atoms with E-state index in [-0.39, 0.29) is 11.3 Å². The number of carboxylic acids is 1. The summed E-state index contributed by atoms with van der Waals surface area (Å²) in [5, 5.41) is 8.92. The van der Waals surface area contributed by atoms with Crippen LogP contribution < -0.4 is 0 Å². The van der Waals surface area contributed by atoms with Crippen LogP contribution in [0.5, 0.6) is 0 Å². The summed E-state index contributed by atoms with van der Waals surface area (Å²) in [7, 11) is -3.27. The van der Waals surface area contributed by atoms with E-state index in [1.165, 1.54) is 18.0 Å². The highest BCUT2D eigenvalue weighted by atomic mass is 32.2. The van der Waals surface area contributed by atoms with E-state index < -0.39 is 21.2 Å². The maximum absolute atomic E-state index is 11.6. The van der Waals surface area contributed by atoms with Gasteiger partial charge in [-0.2, -0.15) is 0 Å². The van der Waals surface area contributed by atoms with Crippen molar-refractivity contribution in [3.05, 3.63) is 23.8 Å². The lowest BCUT2D eigenvalue weighted by Gasteiger charge is -2.24. The molecule has 19 heavy (non-hydrogen) atoms. The molecule has 106 valence electrons. The number of rotatable bonds is 5. The molecule has 0 aliphatic rings. The Bertz CT molecular complexity index is 589. The smallest absolute Gasteiger partial charge is 0.304 e. The van der Waals surface area contributed by atoms with E-state index in [1.54, 1.807) is 24.5 Å². The van der Waals surface area contributed by atoms with Gasteiger partial charge in [0.05, 0.1) is 11.3 Å². The van der Waals surface area contributed by atoms with E-state index in [0.29, 0.717) is 4.90 Å². The zero-order valence-corrected chi connectivity index (χ0v) is 13.1. The number of hydrogen-bond acceptors (Lipinski definition) is 4. The Balaban J connectivity index is 3.32. The molecule has 0 fully saturated rings. The topological polar surface area (TPSA) is 71.4 Å². The molecule has 0 saturated carbocycles. The fourth-order valence-electron chi connectivity index (χ4n) is 1.88. The first-order valence-corrected chi connectivity index (χ1v) is 8.80. The number of thioether (sulfide) groups is 1. The summed E-state index contributed by atoms with van der Waals surface area (Å²) in [6, 6.07) is 5.02. The highest BCUT2D eigenvalue weighted by Crippen LogP contribution is 2.33. The minimum absolute atomic E-state index is 0.000950. The van der Waals surface area contributed by atoms with Gasteiger partial charge in [-0.1, -0.05) is 19.9 Å². The SMILES string of the molecule is CSc1cc(C(C)(C)CC(=O)O)ccc1S(C)(=O)=O. The molecular weight excluding hydrogens is 284 g/mol. The summed E-state index contributed by atoms with van der Waals surface area (Å²) in [5.41, 5.74) is 0.290. The molecule has 1 rings (SSSR count). The van der Waals surface area contributed by atoms with Gasteiger partial charge in [-0.05, 0) is 24.0 Å². The first-order chi connectivity index (χ1) is 8.58. The van der Waals surface area contributed by atoms with Gasteiger partial charge in [0, 0.05) is 16.6 Å². The molecule has 0 amide bonds. The summed E-state index contributed by atoms with van der Waals surface area (Å²) in [4.78, 5) is 11.8. The molecule has 4 nitrogen and oxygen atoms in total. The van der Waals surface area contributed by atoms with Crippen molar-refractivity contribution in [2.45, 2.75) is 35.5 Å². The lowest BCUT2D eigenvalue weighted by molar-refractivity contribution is -0.138. The van der Waals surface area contributed by atoms with Gasteiger partial charge in [0.2, 0.25) is 0 Å².